The summed E-state index contributed by atoms with van der Waals surface area (Å²) >= 11 is 4.92. The molecule has 2 fully saturated rings. The minimum atomic E-state index is -0.978. The van der Waals surface area contributed by atoms with Gasteiger partial charge in [-0.3, -0.25) is 20.2 Å². The molecule has 0 spiro atoms. The highest BCUT2D eigenvalue weighted by Crippen LogP contribution is 2.24. The zero-order valence-corrected chi connectivity index (χ0v) is 37.5. The molecule has 0 bridgehead atoms. The Morgan fingerprint density at radius 3 is 1.14 bits per heavy atom. The van der Waals surface area contributed by atoms with Crippen LogP contribution in [0.5, 0.6) is 23.0 Å². The van der Waals surface area contributed by atoms with Crippen LogP contribution in [0.2, 0.25) is 0 Å². The van der Waals surface area contributed by atoms with E-state index in [0.29, 0.717) is 45.0 Å². The van der Waals surface area contributed by atoms with E-state index in [1.807, 2.05) is 65.8 Å². The van der Waals surface area contributed by atoms with Gasteiger partial charge in [0.2, 0.25) is 0 Å². The molecule has 2 heterocycles. The largest absolute Gasteiger partial charge is 0.519 e. The Hall–Kier alpha value is -7.35. The molecule has 21 heteroatoms. The first kappa shape index (κ1) is 50.3. The van der Waals surface area contributed by atoms with Crippen LogP contribution < -0.4 is 24.0 Å². The number of halogens is 1. The first-order valence-corrected chi connectivity index (χ1v) is 20.5. The number of benzene rings is 4. The summed E-state index contributed by atoms with van der Waals surface area (Å²) in [6, 6.07) is 24.2. The molecular weight excluding hydrogens is 872 g/mol. The molecule has 2 saturated heterocycles. The summed E-state index contributed by atoms with van der Waals surface area (Å²) in [5.41, 5.74) is -0.137. The van der Waals surface area contributed by atoms with E-state index in [1.165, 1.54) is 48.5 Å². The monoisotopic (exact) mass is 922 g/mol. The number of phenolic OH excluding ortho intramolecular Hbond substituents is 1. The topological polar surface area (TPSA) is 234 Å². The zero-order chi connectivity index (χ0) is 47.9. The molecular formula is C44H51ClN6O14. The molecule has 2 amide bonds. The third-order valence-corrected chi connectivity index (χ3v) is 9.05. The van der Waals surface area contributed by atoms with Crippen LogP contribution in [-0.2, 0) is 9.47 Å². The van der Waals surface area contributed by atoms with Crippen molar-refractivity contribution in [2.75, 3.05) is 62.2 Å². The summed E-state index contributed by atoms with van der Waals surface area (Å²) in [6.45, 7) is 16.4. The summed E-state index contributed by atoms with van der Waals surface area (Å²) in [5, 5.41) is 30.2. The highest BCUT2D eigenvalue weighted by Gasteiger charge is 2.27. The van der Waals surface area contributed by atoms with Crippen molar-refractivity contribution in [3.05, 3.63) is 117 Å². The van der Waals surface area contributed by atoms with Crippen LogP contribution >= 0.6 is 11.6 Å². The van der Waals surface area contributed by atoms with Gasteiger partial charge in [0.1, 0.15) is 34.2 Å². The Labute approximate surface area is 380 Å². The predicted octanol–water partition coefficient (Wildman–Crippen LogP) is 9.01. The number of phenols is 1. The normalized spacial score (nSPS) is 13.7. The number of nitrogens with zero attached hydrogens (tertiary/aromatic N) is 6. The van der Waals surface area contributed by atoms with Crippen LogP contribution in [0.15, 0.2) is 97.1 Å². The Bertz CT molecular complexity index is 2230. The molecule has 1 N–H and O–H groups in total. The van der Waals surface area contributed by atoms with Crippen molar-refractivity contribution in [3.63, 3.8) is 0 Å². The number of ether oxygens (including phenoxy) is 5. The number of hydrogen-bond donors (Lipinski definition) is 1. The number of non-ortho nitro benzene ring substituents is 2. The fourth-order valence-electron chi connectivity index (χ4n) is 5.91. The van der Waals surface area contributed by atoms with Crippen molar-refractivity contribution < 1.29 is 57.8 Å². The lowest BCUT2D eigenvalue weighted by molar-refractivity contribution is -0.385. The second-order valence-electron chi connectivity index (χ2n) is 16.2. The first-order chi connectivity index (χ1) is 30.5. The molecule has 6 rings (SSSR count). The maximum atomic E-state index is 12.2. The third-order valence-electron chi connectivity index (χ3n) is 8.97. The third kappa shape index (κ3) is 17.4. The average Bonchev–Trinajstić information content (AvgIpc) is 3.24. The Kier molecular flexibility index (Phi) is 17.7. The molecule has 0 atom stereocenters. The van der Waals surface area contributed by atoms with E-state index < -0.39 is 32.6 Å². The molecule has 0 aromatic heterocycles. The van der Waals surface area contributed by atoms with Gasteiger partial charge in [-0.2, -0.15) is 0 Å². The molecule has 2 aliphatic rings. The number of carbonyl (C=O) groups is 4. The van der Waals surface area contributed by atoms with Crippen molar-refractivity contribution in [2.45, 2.75) is 52.7 Å². The highest BCUT2D eigenvalue weighted by atomic mass is 35.5. The van der Waals surface area contributed by atoms with E-state index in [-0.39, 0.29) is 40.8 Å². The summed E-state index contributed by atoms with van der Waals surface area (Å²) < 4.78 is 25.4. The minimum Gasteiger partial charge on any atom is -0.508 e. The van der Waals surface area contributed by atoms with Crippen molar-refractivity contribution in [1.82, 2.24) is 9.80 Å². The van der Waals surface area contributed by atoms with Gasteiger partial charge < -0.3 is 48.4 Å². The molecule has 348 valence electrons. The standard InChI is InChI=1S/C22H25N3O7.C15H22N2O3.C7H4ClNO4/c1-22(2,3)32-20(26)24-14-12-23(13-15-24)16-4-8-18(9-5-16)30-21(27)31-19-10-6-17(7-11-19)25(28)29;1-15(2,3)20-14(19)17-10-8-16(9-11-17)12-4-6-13(18)7-5-12;8-7(10)13-6-3-1-5(2-4-6)9(11)12/h4-11H,12-15H2,1-3H3;4-7,18H,8-11H2,1-3H3;1-4H. The number of nitro benzene ring substituents is 2. The lowest BCUT2D eigenvalue weighted by Gasteiger charge is -2.36. The SMILES string of the molecule is CC(C)(C)OC(=O)N1CCN(c2ccc(O)cc2)CC1.CC(C)(C)OC(=O)N1CCN(c2ccc(OC(=O)Oc3ccc([N+](=O)[O-])cc3)cc2)CC1.O=C(Cl)Oc1ccc([N+](=O)[O-])cc1. The van der Waals surface area contributed by atoms with Gasteiger partial charge in [-0.05, 0) is 114 Å². The predicted molar refractivity (Wildman–Crippen MR) is 239 cm³/mol. The van der Waals surface area contributed by atoms with Crippen LogP contribution in [0.1, 0.15) is 41.5 Å². The van der Waals surface area contributed by atoms with Gasteiger partial charge in [0.05, 0.1) is 9.85 Å². The quantitative estimate of drug-likeness (QED) is 0.0598. The van der Waals surface area contributed by atoms with E-state index in [9.17, 15) is 44.5 Å². The lowest BCUT2D eigenvalue weighted by Crippen LogP contribution is -2.50. The van der Waals surface area contributed by atoms with Crippen molar-refractivity contribution in [2.24, 2.45) is 0 Å². The highest BCUT2D eigenvalue weighted by molar-refractivity contribution is 6.61. The van der Waals surface area contributed by atoms with Gasteiger partial charge in [-0.15, -0.1) is 0 Å². The van der Waals surface area contributed by atoms with Crippen molar-refractivity contribution in [3.8, 4) is 23.0 Å². The van der Waals surface area contributed by atoms with Gasteiger partial charge >= 0.3 is 23.8 Å². The molecule has 65 heavy (non-hydrogen) atoms. The van der Waals surface area contributed by atoms with E-state index in [2.05, 4.69) is 14.5 Å². The van der Waals surface area contributed by atoms with Crippen molar-refractivity contribution in [1.29, 1.82) is 0 Å². The average molecular weight is 923 g/mol. The second kappa shape index (κ2) is 22.8. The Balaban J connectivity index is 0.000000238. The van der Waals surface area contributed by atoms with Crippen LogP contribution in [0.3, 0.4) is 0 Å². The van der Waals surface area contributed by atoms with Crippen LogP contribution in [-0.4, -0.2) is 112 Å². The summed E-state index contributed by atoms with van der Waals surface area (Å²) in [5.74, 6) is 0.875. The molecule has 0 unspecified atom stereocenters. The molecule has 20 nitrogen and oxygen atoms in total. The number of anilines is 2. The number of piperazine rings is 2. The van der Waals surface area contributed by atoms with Crippen LogP contribution in [0.25, 0.3) is 0 Å². The molecule has 0 aliphatic carbocycles. The number of aromatic hydroxyl groups is 1. The van der Waals surface area contributed by atoms with Gasteiger partial charge in [-0.25, -0.2) is 19.2 Å². The summed E-state index contributed by atoms with van der Waals surface area (Å²) in [7, 11) is 0. The molecule has 0 radical (unpaired) electrons. The number of amides is 2. The molecule has 0 saturated carbocycles. The van der Waals surface area contributed by atoms with Gasteiger partial charge in [-0.1, -0.05) is 0 Å². The first-order valence-electron chi connectivity index (χ1n) is 20.2. The van der Waals surface area contributed by atoms with Crippen LogP contribution in [0.4, 0.5) is 41.9 Å². The number of carbonyl (C=O) groups excluding carboxylic acids is 4. The fraction of sp³-hybridized carbons (Fsp3) is 0.364. The Morgan fingerprint density at radius 1 is 0.523 bits per heavy atom. The van der Waals surface area contributed by atoms with Gasteiger partial charge in [0.25, 0.3) is 11.4 Å². The maximum Gasteiger partial charge on any atom is 0.519 e. The van der Waals surface area contributed by atoms with Gasteiger partial charge in [0.15, 0.2) is 0 Å². The summed E-state index contributed by atoms with van der Waals surface area (Å²) in [4.78, 5) is 73.8. The zero-order valence-electron chi connectivity index (χ0n) is 36.7. The van der Waals surface area contributed by atoms with Crippen LogP contribution in [0, 0.1) is 20.2 Å². The molecule has 4 aromatic rings. The lowest BCUT2D eigenvalue weighted by atomic mass is 10.2. The molecule has 2 aliphatic heterocycles. The number of hydrogen-bond acceptors (Lipinski definition) is 16. The maximum absolute atomic E-state index is 12.2. The number of rotatable bonds is 7. The van der Waals surface area contributed by atoms with Crippen molar-refractivity contribution >= 4 is 58.1 Å². The van der Waals surface area contributed by atoms with Gasteiger partial charge in [0, 0.05) is 99.6 Å². The molecule has 4 aromatic carbocycles. The number of nitro groups is 2. The minimum absolute atomic E-state index is 0.0747. The van der Waals surface area contributed by atoms with E-state index in [0.717, 1.165) is 24.5 Å². The smallest absolute Gasteiger partial charge is 0.508 e. The van der Waals surface area contributed by atoms with E-state index in [4.69, 9.17) is 30.5 Å². The summed E-state index contributed by atoms with van der Waals surface area (Å²) in [6.07, 6.45) is -1.51. The van der Waals surface area contributed by atoms with E-state index in [1.54, 1.807) is 34.1 Å². The fourth-order valence-corrected chi connectivity index (χ4v) is 6.00. The Morgan fingerprint density at radius 2 is 0.831 bits per heavy atom. The second-order valence-corrected chi connectivity index (χ2v) is 16.5. The van der Waals surface area contributed by atoms with E-state index >= 15 is 0 Å².